The largest absolute Gasteiger partial charge is 0.240 e. The van der Waals surface area contributed by atoms with E-state index in [0.717, 1.165) is 12.8 Å². The molecule has 1 aromatic heterocycles. The van der Waals surface area contributed by atoms with Crippen molar-refractivity contribution in [3.8, 4) is 5.69 Å². The zero-order chi connectivity index (χ0) is 12.1. The Morgan fingerprint density at radius 1 is 1.12 bits per heavy atom. The quantitative estimate of drug-likeness (QED) is 0.761. The van der Waals surface area contributed by atoms with Crippen LogP contribution in [0.15, 0.2) is 36.5 Å². The SMILES string of the molecule is CCCCc1ccn(-c2ccccc2CC)n1. The Hall–Kier alpha value is -1.57. The molecule has 0 radical (unpaired) electrons. The maximum atomic E-state index is 4.64. The van der Waals surface area contributed by atoms with Gasteiger partial charge in [-0.2, -0.15) is 5.10 Å². The van der Waals surface area contributed by atoms with E-state index in [0.29, 0.717) is 0 Å². The van der Waals surface area contributed by atoms with E-state index >= 15 is 0 Å². The van der Waals surface area contributed by atoms with Crippen LogP contribution in [0.25, 0.3) is 5.69 Å². The first-order valence-corrected chi connectivity index (χ1v) is 6.48. The lowest BCUT2D eigenvalue weighted by Crippen LogP contribution is -2.00. The van der Waals surface area contributed by atoms with E-state index in [1.165, 1.54) is 29.8 Å². The molecule has 0 unspecified atom stereocenters. The fourth-order valence-electron chi connectivity index (χ4n) is 2.02. The van der Waals surface area contributed by atoms with Crippen LogP contribution in [0.4, 0.5) is 0 Å². The Kier molecular flexibility index (Phi) is 3.97. The van der Waals surface area contributed by atoms with Crippen LogP contribution >= 0.6 is 0 Å². The molecule has 0 bridgehead atoms. The maximum absolute atomic E-state index is 4.64. The highest BCUT2D eigenvalue weighted by Gasteiger charge is 2.04. The minimum atomic E-state index is 1.04. The highest BCUT2D eigenvalue weighted by Crippen LogP contribution is 2.15. The van der Waals surface area contributed by atoms with Crippen LogP contribution in [-0.2, 0) is 12.8 Å². The monoisotopic (exact) mass is 228 g/mol. The number of hydrogen-bond donors (Lipinski definition) is 0. The number of aryl methyl sites for hydroxylation is 2. The van der Waals surface area contributed by atoms with Crippen molar-refractivity contribution in [2.75, 3.05) is 0 Å². The Bertz CT molecular complexity index is 471. The highest BCUT2D eigenvalue weighted by molar-refractivity contribution is 5.40. The summed E-state index contributed by atoms with van der Waals surface area (Å²) in [5.41, 5.74) is 3.74. The van der Waals surface area contributed by atoms with E-state index in [2.05, 4.69) is 55.5 Å². The molecular weight excluding hydrogens is 208 g/mol. The van der Waals surface area contributed by atoms with Gasteiger partial charge in [0.05, 0.1) is 11.4 Å². The molecule has 2 rings (SSSR count). The van der Waals surface area contributed by atoms with Gasteiger partial charge < -0.3 is 0 Å². The third-order valence-electron chi connectivity index (χ3n) is 3.05. The number of benzene rings is 1. The van der Waals surface area contributed by atoms with Crippen molar-refractivity contribution in [3.05, 3.63) is 47.8 Å². The van der Waals surface area contributed by atoms with Gasteiger partial charge in [-0.3, -0.25) is 0 Å². The van der Waals surface area contributed by atoms with E-state index in [-0.39, 0.29) is 0 Å². The standard InChI is InChI=1S/C15H20N2/c1-3-5-9-14-11-12-17(16-14)15-10-7-6-8-13(15)4-2/h6-8,10-12H,3-5,9H2,1-2H3. The van der Waals surface area contributed by atoms with Crippen LogP contribution < -0.4 is 0 Å². The summed E-state index contributed by atoms with van der Waals surface area (Å²) in [4.78, 5) is 0. The topological polar surface area (TPSA) is 17.8 Å². The van der Waals surface area contributed by atoms with Gasteiger partial charge in [0.15, 0.2) is 0 Å². The van der Waals surface area contributed by atoms with Crippen molar-refractivity contribution < 1.29 is 0 Å². The van der Waals surface area contributed by atoms with Crippen molar-refractivity contribution in [1.82, 2.24) is 9.78 Å². The first kappa shape index (κ1) is 11.9. The maximum Gasteiger partial charge on any atom is 0.0677 e. The van der Waals surface area contributed by atoms with Crippen molar-refractivity contribution in [3.63, 3.8) is 0 Å². The average Bonchev–Trinajstić information content (AvgIpc) is 2.85. The van der Waals surface area contributed by atoms with Gasteiger partial charge in [0, 0.05) is 6.20 Å². The molecule has 2 heteroatoms. The van der Waals surface area contributed by atoms with Gasteiger partial charge in [-0.25, -0.2) is 4.68 Å². The minimum Gasteiger partial charge on any atom is -0.240 e. The third-order valence-corrected chi connectivity index (χ3v) is 3.05. The van der Waals surface area contributed by atoms with E-state index in [4.69, 9.17) is 0 Å². The van der Waals surface area contributed by atoms with Crippen molar-refractivity contribution >= 4 is 0 Å². The molecule has 90 valence electrons. The van der Waals surface area contributed by atoms with Gasteiger partial charge in [0.1, 0.15) is 0 Å². The predicted molar refractivity (Wildman–Crippen MR) is 71.6 cm³/mol. The Morgan fingerprint density at radius 3 is 2.71 bits per heavy atom. The summed E-state index contributed by atoms with van der Waals surface area (Å²) in [6.07, 6.45) is 6.63. The first-order chi connectivity index (χ1) is 8.35. The second-order valence-corrected chi connectivity index (χ2v) is 4.34. The molecule has 0 atom stereocenters. The van der Waals surface area contributed by atoms with Gasteiger partial charge in [-0.1, -0.05) is 38.5 Å². The highest BCUT2D eigenvalue weighted by atomic mass is 15.3. The molecule has 0 N–H and O–H groups in total. The van der Waals surface area contributed by atoms with E-state index in [1.54, 1.807) is 0 Å². The lowest BCUT2D eigenvalue weighted by atomic mass is 10.1. The second kappa shape index (κ2) is 5.67. The summed E-state index contributed by atoms with van der Waals surface area (Å²) in [5.74, 6) is 0. The number of hydrogen-bond acceptors (Lipinski definition) is 1. The zero-order valence-electron chi connectivity index (χ0n) is 10.7. The summed E-state index contributed by atoms with van der Waals surface area (Å²) < 4.78 is 2.00. The number of para-hydroxylation sites is 1. The molecule has 1 aromatic carbocycles. The lowest BCUT2D eigenvalue weighted by Gasteiger charge is -2.07. The van der Waals surface area contributed by atoms with Crippen LogP contribution in [0.3, 0.4) is 0 Å². The van der Waals surface area contributed by atoms with Crippen LogP contribution in [0, 0.1) is 0 Å². The number of rotatable bonds is 5. The molecule has 2 nitrogen and oxygen atoms in total. The molecule has 0 saturated carbocycles. The fraction of sp³-hybridized carbons (Fsp3) is 0.400. The molecule has 17 heavy (non-hydrogen) atoms. The Morgan fingerprint density at radius 2 is 1.94 bits per heavy atom. The number of nitrogens with zero attached hydrogens (tertiary/aromatic N) is 2. The normalized spacial score (nSPS) is 10.7. The van der Waals surface area contributed by atoms with Crippen molar-refractivity contribution in [2.24, 2.45) is 0 Å². The smallest absolute Gasteiger partial charge is 0.0677 e. The van der Waals surface area contributed by atoms with Crippen LogP contribution in [0.1, 0.15) is 37.9 Å². The van der Waals surface area contributed by atoms with Gasteiger partial charge in [-0.15, -0.1) is 0 Å². The van der Waals surface area contributed by atoms with E-state index < -0.39 is 0 Å². The molecular formula is C15H20N2. The first-order valence-electron chi connectivity index (χ1n) is 6.48. The molecule has 0 fully saturated rings. The molecule has 0 amide bonds. The van der Waals surface area contributed by atoms with Gasteiger partial charge in [-0.05, 0) is 37.0 Å². The minimum absolute atomic E-state index is 1.04. The average molecular weight is 228 g/mol. The summed E-state index contributed by atoms with van der Waals surface area (Å²) >= 11 is 0. The molecule has 0 aliphatic carbocycles. The van der Waals surface area contributed by atoms with E-state index in [9.17, 15) is 0 Å². The van der Waals surface area contributed by atoms with Crippen molar-refractivity contribution in [2.45, 2.75) is 39.5 Å². The summed E-state index contributed by atoms with van der Waals surface area (Å²) in [5, 5.41) is 4.64. The summed E-state index contributed by atoms with van der Waals surface area (Å²) in [6.45, 7) is 4.39. The summed E-state index contributed by atoms with van der Waals surface area (Å²) in [6, 6.07) is 10.6. The number of unbranched alkanes of at least 4 members (excludes halogenated alkanes) is 1. The van der Waals surface area contributed by atoms with Gasteiger partial charge in [0.2, 0.25) is 0 Å². The number of aromatic nitrogens is 2. The molecule has 0 saturated heterocycles. The second-order valence-electron chi connectivity index (χ2n) is 4.34. The molecule has 0 aliphatic heterocycles. The van der Waals surface area contributed by atoms with E-state index in [1.807, 2.05) is 4.68 Å². The molecule has 0 spiro atoms. The summed E-state index contributed by atoms with van der Waals surface area (Å²) in [7, 11) is 0. The van der Waals surface area contributed by atoms with Gasteiger partial charge in [0.25, 0.3) is 0 Å². The lowest BCUT2D eigenvalue weighted by molar-refractivity contribution is 0.750. The van der Waals surface area contributed by atoms with Crippen LogP contribution in [0.2, 0.25) is 0 Å². The Balaban J connectivity index is 2.24. The van der Waals surface area contributed by atoms with Crippen LogP contribution in [-0.4, -0.2) is 9.78 Å². The zero-order valence-corrected chi connectivity index (χ0v) is 10.7. The van der Waals surface area contributed by atoms with Crippen LogP contribution in [0.5, 0.6) is 0 Å². The van der Waals surface area contributed by atoms with Gasteiger partial charge >= 0.3 is 0 Å². The van der Waals surface area contributed by atoms with Crippen molar-refractivity contribution in [1.29, 1.82) is 0 Å². The predicted octanol–water partition coefficient (Wildman–Crippen LogP) is 3.78. The third kappa shape index (κ3) is 2.76. The molecule has 0 aliphatic rings. The molecule has 2 aromatic rings. The molecule has 1 heterocycles. The fourth-order valence-corrected chi connectivity index (χ4v) is 2.02. The Labute approximate surface area is 103 Å².